The number of para-hydroxylation sites is 1. The molecule has 0 aliphatic carbocycles. The molecule has 0 saturated carbocycles. The van der Waals surface area contributed by atoms with Crippen LogP contribution in [0.1, 0.15) is 21.5 Å². The highest BCUT2D eigenvalue weighted by Crippen LogP contribution is 2.37. The number of nitrogens with two attached hydrogens (primary N) is 1. The number of carbonyl (C=O) groups excluding carboxylic acids is 2. The van der Waals surface area contributed by atoms with E-state index in [-0.39, 0.29) is 43.2 Å². The zero-order chi connectivity index (χ0) is 22.0. The van der Waals surface area contributed by atoms with Gasteiger partial charge in [0.15, 0.2) is 0 Å². The number of hydrogen-bond donors (Lipinski definition) is 2. The van der Waals surface area contributed by atoms with Crippen LogP contribution in [0.3, 0.4) is 0 Å². The standard InChI is InChI=1S/C25H26N4O2.2ClH/c1-28(2)16-24(30)29-22-6-4-3-5-17(22)7-8-18-11-14-21(15-23(18)29)27-25(31)19-9-12-20(26)13-10-19;;/h3-6,9-15H,7-8,16,26H2,1-2H3,(H,27,31);2*1H/p-2. The van der Waals surface area contributed by atoms with Gasteiger partial charge in [0.1, 0.15) is 0 Å². The number of rotatable bonds is 4. The van der Waals surface area contributed by atoms with Crippen molar-refractivity contribution in [1.29, 1.82) is 0 Å². The fourth-order valence-electron chi connectivity index (χ4n) is 3.85. The molecule has 174 valence electrons. The minimum absolute atomic E-state index is 0. The largest absolute Gasteiger partial charge is 1.00 e. The van der Waals surface area contributed by atoms with Crippen molar-refractivity contribution >= 4 is 34.6 Å². The summed E-state index contributed by atoms with van der Waals surface area (Å²) in [4.78, 5) is 29.6. The molecule has 0 radical (unpaired) electrons. The summed E-state index contributed by atoms with van der Waals surface area (Å²) in [6, 6.07) is 20.6. The van der Waals surface area contributed by atoms with Gasteiger partial charge in [-0.05, 0) is 80.5 Å². The summed E-state index contributed by atoms with van der Waals surface area (Å²) >= 11 is 0. The first-order valence-corrected chi connectivity index (χ1v) is 10.3. The number of carbonyl (C=O) groups is 2. The number of halogens is 2. The number of fused-ring (bicyclic) bond motifs is 2. The number of benzene rings is 3. The lowest BCUT2D eigenvalue weighted by atomic mass is 10.0. The molecule has 8 heteroatoms. The van der Waals surface area contributed by atoms with Crippen LogP contribution in [-0.4, -0.2) is 37.4 Å². The van der Waals surface area contributed by atoms with Crippen LogP contribution in [0.5, 0.6) is 0 Å². The minimum Gasteiger partial charge on any atom is -1.00 e. The Labute approximate surface area is 206 Å². The molecule has 0 saturated heterocycles. The lowest BCUT2D eigenvalue weighted by Gasteiger charge is -2.27. The zero-order valence-electron chi connectivity index (χ0n) is 18.5. The first-order valence-electron chi connectivity index (χ1n) is 10.3. The molecule has 3 aromatic rings. The summed E-state index contributed by atoms with van der Waals surface area (Å²) in [7, 11) is 3.76. The van der Waals surface area contributed by atoms with Crippen LogP contribution in [0.4, 0.5) is 22.7 Å². The topological polar surface area (TPSA) is 78.7 Å². The number of nitrogen functional groups attached to an aromatic ring is 1. The van der Waals surface area contributed by atoms with Crippen molar-refractivity contribution in [1.82, 2.24) is 4.90 Å². The summed E-state index contributed by atoms with van der Waals surface area (Å²) in [5.74, 6) is -0.234. The van der Waals surface area contributed by atoms with Crippen LogP contribution in [-0.2, 0) is 17.6 Å². The maximum atomic E-state index is 13.3. The number of amides is 2. The van der Waals surface area contributed by atoms with E-state index >= 15 is 0 Å². The van der Waals surface area contributed by atoms with Gasteiger partial charge >= 0.3 is 0 Å². The first kappa shape index (κ1) is 26.2. The van der Waals surface area contributed by atoms with E-state index < -0.39 is 0 Å². The summed E-state index contributed by atoms with van der Waals surface area (Å²) in [6.45, 7) is 0.287. The maximum Gasteiger partial charge on any atom is 0.255 e. The van der Waals surface area contributed by atoms with Gasteiger partial charge in [-0.1, -0.05) is 24.3 Å². The molecule has 33 heavy (non-hydrogen) atoms. The zero-order valence-corrected chi connectivity index (χ0v) is 20.0. The molecule has 0 spiro atoms. The van der Waals surface area contributed by atoms with Crippen LogP contribution in [0.2, 0.25) is 0 Å². The fraction of sp³-hybridized carbons (Fsp3) is 0.200. The van der Waals surface area contributed by atoms with Crippen LogP contribution in [0, 0.1) is 0 Å². The molecule has 2 amide bonds. The molecule has 4 rings (SSSR count). The first-order chi connectivity index (χ1) is 14.9. The Morgan fingerprint density at radius 2 is 1.55 bits per heavy atom. The van der Waals surface area contributed by atoms with Crippen LogP contribution in [0.15, 0.2) is 66.7 Å². The molecular formula is C25H26Cl2N4O2-2. The predicted octanol–water partition coefficient (Wildman–Crippen LogP) is -2.15. The van der Waals surface area contributed by atoms with Crippen LogP contribution in [0.25, 0.3) is 0 Å². The quantitative estimate of drug-likeness (QED) is 0.414. The Bertz CT molecular complexity index is 1130. The molecule has 1 aliphatic rings. The minimum atomic E-state index is -0.222. The lowest BCUT2D eigenvalue weighted by Crippen LogP contribution is -3.00. The number of likely N-dealkylation sites (N-methyl/N-ethyl adjacent to an activating group) is 1. The summed E-state index contributed by atoms with van der Waals surface area (Å²) in [6.07, 6.45) is 1.68. The molecule has 0 fully saturated rings. The molecule has 1 aliphatic heterocycles. The highest BCUT2D eigenvalue weighted by Gasteiger charge is 2.26. The molecule has 1 heterocycles. The summed E-state index contributed by atoms with van der Waals surface area (Å²) in [5, 5.41) is 2.94. The molecular weight excluding hydrogens is 459 g/mol. The van der Waals surface area contributed by atoms with E-state index in [9.17, 15) is 9.59 Å². The van der Waals surface area contributed by atoms with E-state index in [1.54, 1.807) is 29.2 Å². The molecule has 6 nitrogen and oxygen atoms in total. The van der Waals surface area contributed by atoms with E-state index in [1.165, 1.54) is 0 Å². The summed E-state index contributed by atoms with van der Waals surface area (Å²) in [5.41, 5.74) is 11.4. The van der Waals surface area contributed by atoms with E-state index in [2.05, 4.69) is 11.4 Å². The van der Waals surface area contributed by atoms with Crippen molar-refractivity contribution in [3.05, 3.63) is 83.4 Å². The van der Waals surface area contributed by atoms with Gasteiger partial charge in [-0.25, -0.2) is 0 Å². The Morgan fingerprint density at radius 3 is 2.21 bits per heavy atom. The molecule has 0 aromatic heterocycles. The fourth-order valence-corrected chi connectivity index (χ4v) is 3.85. The Morgan fingerprint density at radius 1 is 0.909 bits per heavy atom. The van der Waals surface area contributed by atoms with Gasteiger partial charge in [-0.2, -0.15) is 0 Å². The number of nitrogens with zero attached hydrogens (tertiary/aromatic N) is 2. The highest BCUT2D eigenvalue weighted by atomic mass is 35.5. The molecule has 0 unspecified atom stereocenters. The summed E-state index contributed by atoms with van der Waals surface area (Å²) < 4.78 is 0. The Balaban J connectivity index is 0.00000193. The van der Waals surface area contributed by atoms with Gasteiger partial charge < -0.3 is 40.8 Å². The van der Waals surface area contributed by atoms with E-state index in [0.29, 0.717) is 16.9 Å². The van der Waals surface area contributed by atoms with Crippen molar-refractivity contribution in [2.45, 2.75) is 12.8 Å². The predicted molar refractivity (Wildman–Crippen MR) is 125 cm³/mol. The maximum absolute atomic E-state index is 13.3. The van der Waals surface area contributed by atoms with Crippen molar-refractivity contribution < 1.29 is 34.4 Å². The van der Waals surface area contributed by atoms with E-state index in [4.69, 9.17) is 5.73 Å². The smallest absolute Gasteiger partial charge is 0.255 e. The number of nitrogens with one attached hydrogen (secondary N) is 1. The number of anilines is 4. The second-order valence-corrected chi connectivity index (χ2v) is 8.02. The van der Waals surface area contributed by atoms with Crippen LogP contribution >= 0.6 is 0 Å². The average Bonchev–Trinajstić information content (AvgIpc) is 2.90. The second kappa shape index (κ2) is 11.2. The Kier molecular flexibility index (Phi) is 8.88. The van der Waals surface area contributed by atoms with Crippen molar-refractivity contribution in [3.8, 4) is 0 Å². The molecule has 0 atom stereocenters. The number of hydrogen-bond acceptors (Lipinski definition) is 4. The van der Waals surface area contributed by atoms with Crippen LogP contribution < -0.4 is 40.8 Å². The lowest BCUT2D eigenvalue weighted by molar-refractivity contribution is -0.118. The van der Waals surface area contributed by atoms with Gasteiger partial charge in [0.25, 0.3) is 5.91 Å². The van der Waals surface area contributed by atoms with E-state index in [1.807, 2.05) is 55.4 Å². The highest BCUT2D eigenvalue weighted by molar-refractivity contribution is 6.06. The normalized spacial score (nSPS) is 11.9. The van der Waals surface area contributed by atoms with E-state index in [0.717, 1.165) is 35.3 Å². The van der Waals surface area contributed by atoms with Crippen molar-refractivity contribution in [2.24, 2.45) is 0 Å². The molecule has 0 bridgehead atoms. The van der Waals surface area contributed by atoms with Gasteiger partial charge in [0.2, 0.25) is 5.91 Å². The third-order valence-corrected chi connectivity index (χ3v) is 5.35. The van der Waals surface area contributed by atoms with Crippen molar-refractivity contribution in [3.63, 3.8) is 0 Å². The van der Waals surface area contributed by atoms with Gasteiger partial charge in [0.05, 0.1) is 17.9 Å². The molecule has 3 N–H and O–H groups in total. The van der Waals surface area contributed by atoms with Gasteiger partial charge in [-0.15, -0.1) is 0 Å². The number of aryl methyl sites for hydroxylation is 2. The third kappa shape index (κ3) is 5.85. The second-order valence-electron chi connectivity index (χ2n) is 8.02. The van der Waals surface area contributed by atoms with Gasteiger partial charge in [0, 0.05) is 16.9 Å². The van der Waals surface area contributed by atoms with Crippen molar-refractivity contribution in [2.75, 3.05) is 36.6 Å². The SMILES string of the molecule is CN(C)CC(=O)N1c2ccccc2CCc2ccc(NC(=O)c3ccc(N)cc3)cc21.[Cl-].[Cl-]. The van der Waals surface area contributed by atoms with Gasteiger partial charge in [-0.3, -0.25) is 14.5 Å². The third-order valence-electron chi connectivity index (χ3n) is 5.35. The monoisotopic (exact) mass is 484 g/mol. The Hall–Kier alpha value is -3.06. The molecule has 3 aromatic carbocycles. The average molecular weight is 485 g/mol.